The molecule has 0 saturated carbocycles. The van der Waals surface area contributed by atoms with Crippen molar-refractivity contribution in [2.75, 3.05) is 31.1 Å². The lowest BCUT2D eigenvalue weighted by atomic mass is 10.1. The summed E-state index contributed by atoms with van der Waals surface area (Å²) in [5.41, 5.74) is 4.09. The highest BCUT2D eigenvalue weighted by Gasteiger charge is 2.30. The number of hydrogen-bond acceptors (Lipinski definition) is 2. The van der Waals surface area contributed by atoms with Gasteiger partial charge in [-0.1, -0.05) is 15.9 Å². The van der Waals surface area contributed by atoms with Gasteiger partial charge in [-0.3, -0.25) is 4.90 Å². The van der Waals surface area contributed by atoms with Gasteiger partial charge in [0, 0.05) is 35.8 Å². The molecule has 2 fully saturated rings. The second-order valence-corrected chi connectivity index (χ2v) is 6.46. The minimum absolute atomic E-state index is 0.794. The molecule has 0 spiro atoms. The molecule has 2 aliphatic rings. The van der Waals surface area contributed by atoms with Gasteiger partial charge in [0.15, 0.2) is 0 Å². The normalized spacial score (nSPS) is 24.4. The number of aryl methyl sites for hydroxylation is 2. The van der Waals surface area contributed by atoms with Crippen molar-refractivity contribution in [2.24, 2.45) is 0 Å². The summed E-state index contributed by atoms with van der Waals surface area (Å²) >= 11 is 3.66. The molecule has 3 rings (SSSR count). The van der Waals surface area contributed by atoms with E-state index >= 15 is 0 Å². The third-order valence-corrected chi connectivity index (χ3v) is 5.62. The molecule has 0 amide bonds. The molecule has 1 atom stereocenters. The fourth-order valence-electron chi connectivity index (χ4n) is 3.33. The number of nitrogens with zero attached hydrogens (tertiary/aromatic N) is 2. The van der Waals surface area contributed by atoms with Crippen LogP contribution in [-0.2, 0) is 0 Å². The van der Waals surface area contributed by atoms with Crippen LogP contribution in [0.3, 0.4) is 0 Å². The van der Waals surface area contributed by atoms with Crippen molar-refractivity contribution in [3.63, 3.8) is 0 Å². The maximum absolute atomic E-state index is 3.66. The highest BCUT2D eigenvalue weighted by atomic mass is 79.9. The van der Waals surface area contributed by atoms with Crippen LogP contribution >= 0.6 is 15.9 Å². The monoisotopic (exact) mass is 308 g/mol. The molecule has 0 aromatic heterocycles. The lowest BCUT2D eigenvalue weighted by Gasteiger charge is -2.39. The fraction of sp³-hybridized carbons (Fsp3) is 0.600. The fourth-order valence-corrected chi connectivity index (χ4v) is 3.56. The molecular formula is C15H21BrN2. The van der Waals surface area contributed by atoms with E-state index in [0.717, 1.165) is 6.04 Å². The summed E-state index contributed by atoms with van der Waals surface area (Å²) in [5, 5.41) is 0. The first kappa shape index (κ1) is 12.5. The molecule has 2 saturated heterocycles. The van der Waals surface area contributed by atoms with Crippen molar-refractivity contribution in [3.8, 4) is 0 Å². The van der Waals surface area contributed by atoms with Gasteiger partial charge in [-0.05, 0) is 56.5 Å². The van der Waals surface area contributed by atoms with Gasteiger partial charge in [0.2, 0.25) is 0 Å². The van der Waals surface area contributed by atoms with Crippen LogP contribution in [0, 0.1) is 13.8 Å². The van der Waals surface area contributed by atoms with Gasteiger partial charge in [0.25, 0.3) is 0 Å². The van der Waals surface area contributed by atoms with Crippen LogP contribution < -0.4 is 4.90 Å². The average molecular weight is 309 g/mol. The van der Waals surface area contributed by atoms with E-state index in [2.05, 4.69) is 51.7 Å². The van der Waals surface area contributed by atoms with Crippen LogP contribution in [0.5, 0.6) is 0 Å². The first-order valence-corrected chi connectivity index (χ1v) is 7.70. The molecule has 0 aliphatic carbocycles. The number of rotatable bonds is 1. The van der Waals surface area contributed by atoms with Gasteiger partial charge in [0.05, 0.1) is 0 Å². The zero-order valence-electron chi connectivity index (χ0n) is 11.2. The van der Waals surface area contributed by atoms with Gasteiger partial charge in [-0.2, -0.15) is 0 Å². The second kappa shape index (κ2) is 4.86. The Morgan fingerprint density at radius 2 is 1.83 bits per heavy atom. The quantitative estimate of drug-likeness (QED) is 0.785. The molecular weight excluding hydrogens is 288 g/mol. The maximum Gasteiger partial charge on any atom is 0.0373 e. The van der Waals surface area contributed by atoms with Crippen molar-refractivity contribution in [3.05, 3.63) is 27.7 Å². The summed E-state index contributed by atoms with van der Waals surface area (Å²) in [6.07, 6.45) is 2.77. The topological polar surface area (TPSA) is 6.48 Å². The first-order valence-electron chi connectivity index (χ1n) is 6.91. The minimum Gasteiger partial charge on any atom is -0.369 e. The Bertz CT molecular complexity index is 435. The number of anilines is 1. The maximum atomic E-state index is 3.66. The Hall–Kier alpha value is -0.540. The van der Waals surface area contributed by atoms with E-state index in [9.17, 15) is 0 Å². The molecule has 0 bridgehead atoms. The zero-order chi connectivity index (χ0) is 12.7. The van der Waals surface area contributed by atoms with Crippen LogP contribution in [0.25, 0.3) is 0 Å². The number of hydrogen-bond donors (Lipinski definition) is 0. The van der Waals surface area contributed by atoms with Gasteiger partial charge < -0.3 is 4.90 Å². The number of benzene rings is 1. The molecule has 18 heavy (non-hydrogen) atoms. The van der Waals surface area contributed by atoms with E-state index in [0.29, 0.717) is 0 Å². The van der Waals surface area contributed by atoms with Crippen molar-refractivity contribution in [1.82, 2.24) is 4.90 Å². The van der Waals surface area contributed by atoms with Crippen LogP contribution in [0.15, 0.2) is 16.6 Å². The SMILES string of the molecule is Cc1cc(N2CCN3CCCC3C2)cc(C)c1Br. The van der Waals surface area contributed by atoms with Crippen LogP contribution in [0.1, 0.15) is 24.0 Å². The zero-order valence-corrected chi connectivity index (χ0v) is 12.8. The molecule has 1 unspecified atom stereocenters. The van der Waals surface area contributed by atoms with E-state index in [1.165, 1.54) is 60.3 Å². The van der Waals surface area contributed by atoms with E-state index in [-0.39, 0.29) is 0 Å². The number of halogens is 1. The van der Waals surface area contributed by atoms with E-state index in [1.807, 2.05) is 0 Å². The van der Waals surface area contributed by atoms with E-state index < -0.39 is 0 Å². The summed E-state index contributed by atoms with van der Waals surface area (Å²) < 4.78 is 1.26. The second-order valence-electron chi connectivity index (χ2n) is 5.67. The minimum atomic E-state index is 0.794. The predicted octanol–water partition coefficient (Wildman–Crippen LogP) is 3.35. The molecule has 2 heterocycles. The van der Waals surface area contributed by atoms with Crippen molar-refractivity contribution < 1.29 is 0 Å². The lowest BCUT2D eigenvalue weighted by Crippen LogP contribution is -2.50. The molecule has 2 aliphatic heterocycles. The predicted molar refractivity (Wildman–Crippen MR) is 80.4 cm³/mol. The highest BCUT2D eigenvalue weighted by molar-refractivity contribution is 9.10. The Balaban J connectivity index is 1.83. The molecule has 1 aromatic carbocycles. The van der Waals surface area contributed by atoms with Crippen molar-refractivity contribution in [1.29, 1.82) is 0 Å². The molecule has 3 heteroatoms. The van der Waals surface area contributed by atoms with Crippen LogP contribution in [-0.4, -0.2) is 37.1 Å². The largest absolute Gasteiger partial charge is 0.369 e. The number of fused-ring (bicyclic) bond motifs is 1. The molecule has 1 aromatic rings. The smallest absolute Gasteiger partial charge is 0.0373 e. The van der Waals surface area contributed by atoms with Gasteiger partial charge in [-0.15, -0.1) is 0 Å². The van der Waals surface area contributed by atoms with Gasteiger partial charge in [-0.25, -0.2) is 0 Å². The summed E-state index contributed by atoms with van der Waals surface area (Å²) in [4.78, 5) is 5.23. The summed E-state index contributed by atoms with van der Waals surface area (Å²) in [6, 6.07) is 5.44. The Kier molecular flexibility index (Phi) is 3.37. The highest BCUT2D eigenvalue weighted by Crippen LogP contribution is 2.30. The van der Waals surface area contributed by atoms with Gasteiger partial charge in [0.1, 0.15) is 0 Å². The average Bonchev–Trinajstić information content (AvgIpc) is 2.82. The lowest BCUT2D eigenvalue weighted by molar-refractivity contribution is 0.231. The van der Waals surface area contributed by atoms with Crippen molar-refractivity contribution in [2.45, 2.75) is 32.7 Å². The number of piperazine rings is 1. The van der Waals surface area contributed by atoms with E-state index in [1.54, 1.807) is 0 Å². The first-order chi connectivity index (χ1) is 8.65. The standard InChI is InChI=1S/C15H21BrN2/c1-11-8-14(9-12(2)15(11)16)18-7-6-17-5-3-4-13(17)10-18/h8-9,13H,3-7,10H2,1-2H3. The Labute approximate surface area is 118 Å². The van der Waals surface area contributed by atoms with Crippen LogP contribution in [0.4, 0.5) is 5.69 Å². The molecule has 0 radical (unpaired) electrons. The summed E-state index contributed by atoms with van der Waals surface area (Å²) in [5.74, 6) is 0. The van der Waals surface area contributed by atoms with Crippen LogP contribution in [0.2, 0.25) is 0 Å². The molecule has 0 N–H and O–H groups in total. The van der Waals surface area contributed by atoms with Gasteiger partial charge >= 0.3 is 0 Å². The Morgan fingerprint density at radius 1 is 1.11 bits per heavy atom. The summed E-state index contributed by atoms with van der Waals surface area (Å²) in [6.45, 7) is 9.31. The van der Waals surface area contributed by atoms with Crippen molar-refractivity contribution >= 4 is 21.6 Å². The third-order valence-electron chi connectivity index (χ3n) is 4.37. The summed E-state index contributed by atoms with van der Waals surface area (Å²) in [7, 11) is 0. The molecule has 98 valence electrons. The Morgan fingerprint density at radius 3 is 2.56 bits per heavy atom. The molecule has 2 nitrogen and oxygen atoms in total. The van der Waals surface area contributed by atoms with E-state index in [4.69, 9.17) is 0 Å². The third kappa shape index (κ3) is 2.19.